The monoisotopic (exact) mass is 288 g/mol. The lowest BCUT2D eigenvalue weighted by atomic mass is 9.99. The van der Waals surface area contributed by atoms with E-state index in [1.807, 2.05) is 0 Å². The van der Waals surface area contributed by atoms with Crippen LogP contribution in [0.5, 0.6) is 0 Å². The van der Waals surface area contributed by atoms with Crippen LogP contribution in [0.15, 0.2) is 83.5 Å². The van der Waals surface area contributed by atoms with Gasteiger partial charge in [-0.3, -0.25) is 0 Å². The molecule has 0 atom stereocenters. The molecule has 1 aromatic rings. The second kappa shape index (κ2) is 6.79. The van der Waals surface area contributed by atoms with Gasteiger partial charge in [0.25, 0.3) is 0 Å². The van der Waals surface area contributed by atoms with E-state index in [4.69, 9.17) is 0 Å². The molecule has 22 heavy (non-hydrogen) atoms. The van der Waals surface area contributed by atoms with Crippen molar-refractivity contribution in [3.8, 4) is 0 Å². The molecule has 0 saturated heterocycles. The fourth-order valence-electron chi connectivity index (χ4n) is 3.07. The Hall–Kier alpha value is -2.08. The number of aryl methyl sites for hydroxylation is 1. The van der Waals surface area contributed by atoms with Gasteiger partial charge in [0.2, 0.25) is 0 Å². The van der Waals surface area contributed by atoms with Crippen molar-refractivity contribution in [2.24, 2.45) is 0 Å². The van der Waals surface area contributed by atoms with Gasteiger partial charge in [0.1, 0.15) is 0 Å². The Balaban J connectivity index is 1.48. The summed E-state index contributed by atoms with van der Waals surface area (Å²) in [5.74, 6) is 0. The van der Waals surface area contributed by atoms with Gasteiger partial charge in [-0.25, -0.2) is 0 Å². The first-order chi connectivity index (χ1) is 10.7. The van der Waals surface area contributed by atoms with Gasteiger partial charge in [0.05, 0.1) is 0 Å². The summed E-state index contributed by atoms with van der Waals surface area (Å²) in [6.45, 7) is 6.39. The first-order valence-electron chi connectivity index (χ1n) is 8.18. The van der Waals surface area contributed by atoms with Gasteiger partial charge < -0.3 is 0 Å². The van der Waals surface area contributed by atoms with E-state index in [-0.39, 0.29) is 0 Å². The van der Waals surface area contributed by atoms with Crippen LogP contribution in [0.25, 0.3) is 0 Å². The van der Waals surface area contributed by atoms with Crippen molar-refractivity contribution in [2.45, 2.75) is 39.0 Å². The van der Waals surface area contributed by atoms with E-state index in [2.05, 4.69) is 68.1 Å². The topological polar surface area (TPSA) is 0 Å². The van der Waals surface area contributed by atoms with Crippen LogP contribution in [0, 0.1) is 6.92 Å². The summed E-state index contributed by atoms with van der Waals surface area (Å²) in [5.41, 5.74) is 8.49. The second-order valence-electron chi connectivity index (χ2n) is 6.39. The van der Waals surface area contributed by atoms with E-state index < -0.39 is 0 Å². The van der Waals surface area contributed by atoms with Crippen LogP contribution in [0.4, 0.5) is 0 Å². The van der Waals surface area contributed by atoms with Gasteiger partial charge in [-0.2, -0.15) is 0 Å². The lowest BCUT2D eigenvalue weighted by Crippen LogP contribution is -1.91. The molecule has 0 heterocycles. The molecule has 0 radical (unpaired) electrons. The van der Waals surface area contributed by atoms with E-state index >= 15 is 0 Å². The molecule has 0 spiro atoms. The quantitative estimate of drug-likeness (QED) is 0.562. The van der Waals surface area contributed by atoms with E-state index in [0.717, 1.165) is 32.1 Å². The molecular weight excluding hydrogens is 264 g/mol. The Labute approximate surface area is 134 Å². The number of allylic oxidation sites excluding steroid dienone is 9. The Bertz CT molecular complexity index is 675. The first kappa shape index (κ1) is 14.8. The first-order valence-corrected chi connectivity index (χ1v) is 8.18. The van der Waals surface area contributed by atoms with Crippen molar-refractivity contribution in [1.82, 2.24) is 0 Å². The van der Waals surface area contributed by atoms with Crippen molar-refractivity contribution in [3.63, 3.8) is 0 Å². The van der Waals surface area contributed by atoms with E-state index in [0.29, 0.717) is 0 Å². The molecule has 0 saturated carbocycles. The van der Waals surface area contributed by atoms with Crippen LogP contribution >= 0.6 is 0 Å². The highest BCUT2D eigenvalue weighted by Crippen LogP contribution is 2.31. The highest BCUT2D eigenvalue weighted by atomic mass is 14.2. The molecule has 112 valence electrons. The smallest absolute Gasteiger partial charge is 0.00697 e. The predicted molar refractivity (Wildman–Crippen MR) is 95.9 cm³/mol. The van der Waals surface area contributed by atoms with Crippen molar-refractivity contribution >= 4 is 0 Å². The Kier molecular flexibility index (Phi) is 4.58. The summed E-state index contributed by atoms with van der Waals surface area (Å²) in [6.07, 6.45) is 16.8. The van der Waals surface area contributed by atoms with Gasteiger partial charge in [0, 0.05) is 0 Å². The fraction of sp³-hybridized carbons (Fsp3) is 0.273. The highest BCUT2D eigenvalue weighted by Gasteiger charge is 2.11. The van der Waals surface area contributed by atoms with E-state index in [1.165, 1.54) is 33.4 Å². The molecule has 0 nitrogen and oxygen atoms in total. The molecule has 2 aliphatic rings. The molecule has 0 aliphatic heterocycles. The largest absolute Gasteiger partial charge is 0.0995 e. The standard InChI is InChI=1S/C22H24/c1-17-7-10-19(11-8-17)15-18(2)9-12-20-13-14-22(16-20)21-5-3-4-6-21/h3-5,7-8,10-11,13,16H,2,6,9,12,14-15H2,1H3. The van der Waals surface area contributed by atoms with Crippen LogP contribution in [0.2, 0.25) is 0 Å². The zero-order valence-corrected chi connectivity index (χ0v) is 13.4. The summed E-state index contributed by atoms with van der Waals surface area (Å²) >= 11 is 0. The van der Waals surface area contributed by atoms with Crippen molar-refractivity contribution in [3.05, 3.63) is 94.6 Å². The highest BCUT2D eigenvalue weighted by molar-refractivity contribution is 5.48. The average Bonchev–Trinajstić information content (AvgIpc) is 3.18. The van der Waals surface area contributed by atoms with Crippen LogP contribution in [-0.4, -0.2) is 0 Å². The average molecular weight is 288 g/mol. The van der Waals surface area contributed by atoms with Gasteiger partial charge in [-0.05, 0) is 55.7 Å². The number of hydrogen-bond donors (Lipinski definition) is 0. The van der Waals surface area contributed by atoms with Crippen molar-refractivity contribution in [2.75, 3.05) is 0 Å². The van der Waals surface area contributed by atoms with Crippen LogP contribution < -0.4 is 0 Å². The zero-order valence-electron chi connectivity index (χ0n) is 13.4. The molecule has 0 bridgehead atoms. The number of hydrogen-bond acceptors (Lipinski definition) is 0. The van der Waals surface area contributed by atoms with Crippen molar-refractivity contribution < 1.29 is 0 Å². The van der Waals surface area contributed by atoms with Gasteiger partial charge >= 0.3 is 0 Å². The molecule has 0 unspecified atom stereocenters. The lowest BCUT2D eigenvalue weighted by Gasteiger charge is -2.06. The minimum atomic E-state index is 0.999. The van der Waals surface area contributed by atoms with Gasteiger partial charge in [0.15, 0.2) is 0 Å². The normalized spacial score (nSPS) is 16.5. The van der Waals surface area contributed by atoms with Crippen LogP contribution in [0.1, 0.15) is 36.8 Å². The molecular formula is C22H24. The maximum atomic E-state index is 4.26. The number of rotatable bonds is 6. The minimum absolute atomic E-state index is 0.999. The third kappa shape index (κ3) is 3.76. The zero-order chi connectivity index (χ0) is 15.4. The minimum Gasteiger partial charge on any atom is -0.0995 e. The van der Waals surface area contributed by atoms with Gasteiger partial charge in [-0.15, -0.1) is 0 Å². The lowest BCUT2D eigenvalue weighted by molar-refractivity contribution is 0.908. The summed E-state index contributed by atoms with van der Waals surface area (Å²) < 4.78 is 0. The Morgan fingerprint density at radius 2 is 1.91 bits per heavy atom. The summed E-state index contributed by atoms with van der Waals surface area (Å²) in [4.78, 5) is 0. The van der Waals surface area contributed by atoms with E-state index in [1.54, 1.807) is 0 Å². The molecule has 3 rings (SSSR count). The molecule has 2 aliphatic carbocycles. The second-order valence-corrected chi connectivity index (χ2v) is 6.39. The summed E-state index contributed by atoms with van der Waals surface area (Å²) in [7, 11) is 0. The van der Waals surface area contributed by atoms with Crippen LogP contribution in [-0.2, 0) is 6.42 Å². The molecule has 0 N–H and O–H groups in total. The maximum absolute atomic E-state index is 4.26. The summed E-state index contributed by atoms with van der Waals surface area (Å²) in [5, 5.41) is 0. The predicted octanol–water partition coefficient (Wildman–Crippen LogP) is 6.02. The fourth-order valence-corrected chi connectivity index (χ4v) is 3.07. The third-order valence-electron chi connectivity index (χ3n) is 4.47. The molecule has 0 amide bonds. The van der Waals surface area contributed by atoms with Crippen molar-refractivity contribution in [1.29, 1.82) is 0 Å². The Morgan fingerprint density at radius 1 is 1.09 bits per heavy atom. The molecule has 0 heteroatoms. The van der Waals surface area contributed by atoms with E-state index in [9.17, 15) is 0 Å². The molecule has 1 aromatic carbocycles. The summed E-state index contributed by atoms with van der Waals surface area (Å²) in [6, 6.07) is 8.79. The molecule has 0 fully saturated rings. The maximum Gasteiger partial charge on any atom is -0.00697 e. The van der Waals surface area contributed by atoms with Crippen LogP contribution in [0.3, 0.4) is 0 Å². The van der Waals surface area contributed by atoms with Gasteiger partial charge in [-0.1, -0.05) is 77.9 Å². The number of benzene rings is 1. The molecule has 0 aromatic heterocycles. The third-order valence-corrected chi connectivity index (χ3v) is 4.47. The Morgan fingerprint density at radius 3 is 2.64 bits per heavy atom. The SMILES string of the molecule is C=C(CCC1=CCC(C2=CC=CC2)=C1)Cc1ccc(C)cc1.